The highest BCUT2D eigenvalue weighted by Crippen LogP contribution is 2.39. The number of methoxy groups -OCH3 is 1. The van der Waals surface area contributed by atoms with Crippen molar-refractivity contribution in [2.45, 2.75) is 78.4 Å². The summed E-state index contributed by atoms with van der Waals surface area (Å²) in [5.41, 5.74) is 1.36. The third-order valence-corrected chi connectivity index (χ3v) is 6.86. The number of nitrogens with one attached hydrogen (secondary N) is 1. The van der Waals surface area contributed by atoms with Crippen LogP contribution in [0.4, 0.5) is 0 Å². The number of hydrogen-bond acceptors (Lipinski definition) is 4. The van der Waals surface area contributed by atoms with Crippen LogP contribution in [0.5, 0.6) is 5.75 Å². The molecule has 0 heterocycles. The zero-order valence-corrected chi connectivity index (χ0v) is 20.1. The number of ether oxygens (including phenoxy) is 2. The fourth-order valence-electron chi connectivity index (χ4n) is 4.61. The first-order valence-electron chi connectivity index (χ1n) is 11.6. The van der Waals surface area contributed by atoms with Crippen molar-refractivity contribution in [1.82, 2.24) is 5.32 Å². The lowest BCUT2D eigenvalue weighted by Crippen LogP contribution is -2.37. The minimum Gasteiger partial charge on any atom is -0.490 e. The Kier molecular flexibility index (Phi) is 7.31. The van der Waals surface area contributed by atoms with Gasteiger partial charge in [-0.05, 0) is 85.4 Å². The smallest absolute Gasteiger partial charge is 0.306 e. The van der Waals surface area contributed by atoms with Crippen molar-refractivity contribution in [3.63, 3.8) is 0 Å². The molecule has 0 unspecified atom stereocenters. The zero-order valence-electron chi connectivity index (χ0n) is 20.1. The van der Waals surface area contributed by atoms with Crippen LogP contribution >= 0.6 is 0 Å². The second kappa shape index (κ2) is 9.60. The largest absolute Gasteiger partial charge is 0.490 e. The average Bonchev–Trinajstić information content (AvgIpc) is 2.72. The van der Waals surface area contributed by atoms with Gasteiger partial charge in [-0.3, -0.25) is 4.79 Å². The van der Waals surface area contributed by atoms with Gasteiger partial charge in [-0.1, -0.05) is 39.0 Å². The Labute approximate surface area is 187 Å². The Balaban J connectivity index is 1.63. The van der Waals surface area contributed by atoms with Gasteiger partial charge in [-0.25, -0.2) is 0 Å². The molecule has 0 radical (unpaired) electrons. The average molecular weight is 426 g/mol. The van der Waals surface area contributed by atoms with Crippen molar-refractivity contribution in [3.05, 3.63) is 42.0 Å². The zero-order chi connectivity index (χ0) is 22.6. The molecule has 1 fully saturated rings. The van der Waals surface area contributed by atoms with Crippen molar-refractivity contribution >= 4 is 16.7 Å². The number of esters is 1. The first kappa shape index (κ1) is 23.6. The highest BCUT2D eigenvalue weighted by Gasteiger charge is 2.30. The minimum atomic E-state index is -0.233. The molecule has 0 aromatic heterocycles. The third-order valence-electron chi connectivity index (χ3n) is 6.86. The fourth-order valence-corrected chi connectivity index (χ4v) is 4.61. The quantitative estimate of drug-likeness (QED) is 0.536. The lowest BCUT2D eigenvalue weighted by molar-refractivity contribution is -0.140. The number of carbonyl (C=O) groups is 1. The third kappa shape index (κ3) is 6.22. The van der Waals surface area contributed by atoms with Crippen molar-refractivity contribution in [2.75, 3.05) is 13.7 Å². The summed E-state index contributed by atoms with van der Waals surface area (Å²) in [5, 5.41) is 5.85. The Morgan fingerprint density at radius 3 is 2.26 bits per heavy atom. The van der Waals surface area contributed by atoms with E-state index in [1.807, 2.05) is 0 Å². The van der Waals surface area contributed by atoms with Gasteiger partial charge in [-0.15, -0.1) is 0 Å². The van der Waals surface area contributed by atoms with E-state index in [0.717, 1.165) is 24.5 Å². The molecule has 1 N–H and O–H groups in total. The van der Waals surface area contributed by atoms with Crippen LogP contribution in [0.15, 0.2) is 36.4 Å². The van der Waals surface area contributed by atoms with Crippen molar-refractivity contribution in [2.24, 2.45) is 11.3 Å². The molecule has 1 aliphatic rings. The molecule has 0 bridgehead atoms. The number of hydrogen-bond donors (Lipinski definition) is 1. The molecule has 0 saturated heterocycles. The van der Waals surface area contributed by atoms with Crippen LogP contribution in [0, 0.1) is 11.3 Å². The minimum absolute atomic E-state index is 0.193. The summed E-state index contributed by atoms with van der Waals surface area (Å²) in [6.45, 7) is 11.9. The lowest BCUT2D eigenvalue weighted by atomic mass is 9.72. The van der Waals surface area contributed by atoms with Crippen LogP contribution in [0.3, 0.4) is 0 Å². The molecule has 1 saturated carbocycles. The van der Waals surface area contributed by atoms with E-state index in [-0.39, 0.29) is 11.5 Å². The van der Waals surface area contributed by atoms with E-state index in [2.05, 4.69) is 76.3 Å². The molecule has 0 aliphatic heterocycles. The molecule has 4 heteroatoms. The van der Waals surface area contributed by atoms with Crippen LogP contribution < -0.4 is 10.1 Å². The van der Waals surface area contributed by atoms with Crippen LogP contribution in [-0.4, -0.2) is 25.7 Å². The van der Waals surface area contributed by atoms with Crippen molar-refractivity contribution < 1.29 is 14.3 Å². The summed E-state index contributed by atoms with van der Waals surface area (Å²) >= 11 is 0. The molecule has 1 aliphatic carbocycles. The monoisotopic (exact) mass is 425 g/mol. The van der Waals surface area contributed by atoms with Crippen LogP contribution in [0.2, 0.25) is 0 Å². The second-order valence-electron chi connectivity index (χ2n) is 10.6. The highest BCUT2D eigenvalue weighted by atomic mass is 16.5. The van der Waals surface area contributed by atoms with Gasteiger partial charge in [0.25, 0.3) is 0 Å². The van der Waals surface area contributed by atoms with E-state index >= 15 is 0 Å². The molecular weight excluding hydrogens is 386 g/mol. The van der Waals surface area contributed by atoms with Crippen molar-refractivity contribution in [1.29, 1.82) is 0 Å². The molecule has 0 amide bonds. The van der Waals surface area contributed by atoms with Gasteiger partial charge in [0.15, 0.2) is 0 Å². The molecule has 0 spiro atoms. The van der Waals surface area contributed by atoms with E-state index < -0.39 is 0 Å². The molecular formula is C27H39NO3. The first-order chi connectivity index (χ1) is 14.6. The Morgan fingerprint density at radius 2 is 1.61 bits per heavy atom. The summed E-state index contributed by atoms with van der Waals surface area (Å²) < 4.78 is 11.1. The maximum absolute atomic E-state index is 11.4. The number of carbonyl (C=O) groups excluding carboxylic acids is 1. The molecule has 2 aromatic carbocycles. The highest BCUT2D eigenvalue weighted by molar-refractivity contribution is 5.84. The Morgan fingerprint density at radius 1 is 0.968 bits per heavy atom. The van der Waals surface area contributed by atoms with E-state index in [1.165, 1.54) is 36.3 Å². The fraction of sp³-hybridized carbons (Fsp3) is 0.593. The molecule has 3 rings (SSSR count). The molecule has 31 heavy (non-hydrogen) atoms. The van der Waals surface area contributed by atoms with Crippen molar-refractivity contribution in [3.8, 4) is 5.75 Å². The number of benzene rings is 2. The molecule has 2 aromatic rings. The van der Waals surface area contributed by atoms with Gasteiger partial charge in [0, 0.05) is 12.1 Å². The van der Waals surface area contributed by atoms with Gasteiger partial charge in [0.1, 0.15) is 5.75 Å². The van der Waals surface area contributed by atoms with Crippen LogP contribution in [-0.2, 0) is 15.1 Å². The molecule has 170 valence electrons. The van der Waals surface area contributed by atoms with E-state index in [1.54, 1.807) is 0 Å². The summed E-state index contributed by atoms with van der Waals surface area (Å²) in [6, 6.07) is 13.0. The number of fused-ring (bicyclic) bond motifs is 1. The first-order valence-corrected chi connectivity index (χ1v) is 11.6. The maximum Gasteiger partial charge on any atom is 0.306 e. The summed E-state index contributed by atoms with van der Waals surface area (Å²) in [5.74, 6) is 1.57. The summed E-state index contributed by atoms with van der Waals surface area (Å²) in [4.78, 5) is 11.4. The molecule has 4 nitrogen and oxygen atoms in total. The summed E-state index contributed by atoms with van der Waals surface area (Å²) in [6.07, 6.45) is 5.49. The van der Waals surface area contributed by atoms with Gasteiger partial charge in [-0.2, -0.15) is 0 Å². The summed E-state index contributed by atoms with van der Waals surface area (Å²) in [7, 11) is 1.42. The van der Waals surface area contributed by atoms with E-state index in [0.29, 0.717) is 24.5 Å². The predicted octanol–water partition coefficient (Wildman–Crippen LogP) is 6.21. The van der Waals surface area contributed by atoms with Crippen LogP contribution in [0.1, 0.15) is 72.3 Å². The maximum atomic E-state index is 11.4. The standard InChI is InChI=1S/C27H39NO3/c1-26(2,3)21-10-13-23(14-11-21)31-24-12-8-19-17-22(9-7-20(19)18-24)27(4,5)28-16-15-25(29)30-6/h7-9,12,17-18,21,23,28H,10-11,13-16H2,1-6H3/t21-,23-. The topological polar surface area (TPSA) is 47.6 Å². The number of rotatable bonds is 7. The van der Waals surface area contributed by atoms with E-state index in [4.69, 9.17) is 9.47 Å². The Hall–Kier alpha value is -2.07. The van der Waals surface area contributed by atoms with Gasteiger partial charge in [0.05, 0.1) is 19.6 Å². The normalized spacial score (nSPS) is 19.9. The molecule has 0 atom stereocenters. The van der Waals surface area contributed by atoms with Gasteiger partial charge < -0.3 is 14.8 Å². The van der Waals surface area contributed by atoms with Gasteiger partial charge >= 0.3 is 5.97 Å². The SMILES string of the molecule is COC(=O)CCNC(C)(C)c1ccc2cc(O[C@H]3CC[C@H](C(C)(C)C)CC3)ccc2c1. The Bertz CT molecular complexity index is 889. The van der Waals surface area contributed by atoms with E-state index in [9.17, 15) is 4.79 Å². The van der Waals surface area contributed by atoms with Crippen LogP contribution in [0.25, 0.3) is 10.8 Å². The predicted molar refractivity (Wildman–Crippen MR) is 127 cm³/mol. The lowest BCUT2D eigenvalue weighted by Gasteiger charge is -2.37. The van der Waals surface area contributed by atoms with Gasteiger partial charge in [0.2, 0.25) is 0 Å². The second-order valence-corrected chi connectivity index (χ2v) is 10.6.